The van der Waals surface area contributed by atoms with Crippen LogP contribution >= 0.6 is 11.3 Å². The maximum atomic E-state index is 12.9. The molecule has 0 fully saturated rings. The van der Waals surface area contributed by atoms with Gasteiger partial charge < -0.3 is 9.73 Å². The Kier molecular flexibility index (Phi) is 5.58. The topological polar surface area (TPSA) is 59.3 Å². The van der Waals surface area contributed by atoms with Gasteiger partial charge in [-0.1, -0.05) is 55.8 Å². The number of hydrogen-bond donors (Lipinski definition) is 1. The van der Waals surface area contributed by atoms with Crippen molar-refractivity contribution in [1.82, 2.24) is 5.32 Å². The fourth-order valence-corrected chi connectivity index (χ4v) is 4.16. The van der Waals surface area contributed by atoms with Crippen molar-refractivity contribution in [2.45, 2.75) is 25.8 Å². The molecule has 29 heavy (non-hydrogen) atoms. The molecule has 4 aromatic rings. The summed E-state index contributed by atoms with van der Waals surface area (Å²) in [5.41, 5.74) is 2.44. The molecule has 4 rings (SSSR count). The van der Waals surface area contributed by atoms with E-state index in [1.807, 2.05) is 29.6 Å². The van der Waals surface area contributed by atoms with Crippen LogP contribution in [-0.2, 0) is 6.42 Å². The number of carbonyl (C=O) groups is 1. The van der Waals surface area contributed by atoms with Crippen molar-refractivity contribution in [3.05, 3.63) is 104 Å². The lowest BCUT2D eigenvalue weighted by Gasteiger charge is -2.18. The van der Waals surface area contributed by atoms with Gasteiger partial charge in [-0.15, -0.1) is 11.3 Å². The maximum Gasteiger partial charge on any atom is 0.287 e. The number of benzene rings is 2. The Balaban J connectivity index is 1.66. The van der Waals surface area contributed by atoms with Crippen molar-refractivity contribution >= 4 is 28.2 Å². The summed E-state index contributed by atoms with van der Waals surface area (Å²) >= 11 is 1.58. The molecule has 2 heterocycles. The molecule has 0 radical (unpaired) electrons. The van der Waals surface area contributed by atoms with Crippen LogP contribution in [0.5, 0.6) is 0 Å². The van der Waals surface area contributed by atoms with Gasteiger partial charge in [0.2, 0.25) is 0 Å². The van der Waals surface area contributed by atoms with Gasteiger partial charge in [-0.3, -0.25) is 9.59 Å². The Labute approximate surface area is 172 Å². The number of rotatable bonds is 6. The average molecular weight is 404 g/mol. The van der Waals surface area contributed by atoms with Crippen LogP contribution in [0.3, 0.4) is 0 Å². The Morgan fingerprint density at radius 2 is 1.86 bits per heavy atom. The van der Waals surface area contributed by atoms with Gasteiger partial charge in [0.1, 0.15) is 5.58 Å². The molecule has 0 spiro atoms. The highest BCUT2D eigenvalue weighted by molar-refractivity contribution is 7.10. The van der Waals surface area contributed by atoms with E-state index in [4.69, 9.17) is 4.42 Å². The number of hydrogen-bond acceptors (Lipinski definition) is 4. The lowest BCUT2D eigenvalue weighted by Crippen LogP contribution is -2.29. The molecule has 0 saturated carbocycles. The first kappa shape index (κ1) is 19.2. The van der Waals surface area contributed by atoms with Gasteiger partial charge in [-0.05, 0) is 41.1 Å². The number of nitrogens with one attached hydrogen (secondary N) is 1. The van der Waals surface area contributed by atoms with Gasteiger partial charge in [0.25, 0.3) is 5.91 Å². The quantitative estimate of drug-likeness (QED) is 0.474. The van der Waals surface area contributed by atoms with E-state index < -0.39 is 5.91 Å². The number of aryl methyl sites for hydroxylation is 1. The van der Waals surface area contributed by atoms with Crippen LogP contribution in [0.25, 0.3) is 11.0 Å². The van der Waals surface area contributed by atoms with E-state index in [0.29, 0.717) is 11.0 Å². The second-order valence-electron chi connectivity index (χ2n) is 6.88. The monoisotopic (exact) mass is 403 g/mol. The van der Waals surface area contributed by atoms with E-state index in [2.05, 4.69) is 24.4 Å². The molecule has 2 aromatic heterocycles. The third-order valence-corrected chi connectivity index (χ3v) is 5.75. The van der Waals surface area contributed by atoms with Crippen LogP contribution in [-0.4, -0.2) is 5.91 Å². The molecule has 1 amide bonds. The van der Waals surface area contributed by atoms with Crippen LogP contribution in [0.2, 0.25) is 0 Å². The van der Waals surface area contributed by atoms with Gasteiger partial charge in [-0.25, -0.2) is 0 Å². The van der Waals surface area contributed by atoms with Crippen LogP contribution in [0.4, 0.5) is 0 Å². The summed E-state index contributed by atoms with van der Waals surface area (Å²) in [6.07, 6.45) is 2.12. The van der Waals surface area contributed by atoms with E-state index in [0.717, 1.165) is 23.3 Å². The van der Waals surface area contributed by atoms with Gasteiger partial charge >= 0.3 is 0 Å². The van der Waals surface area contributed by atoms with E-state index in [-0.39, 0.29) is 17.2 Å². The molecule has 0 saturated heterocycles. The number of thiophene rings is 1. The van der Waals surface area contributed by atoms with E-state index >= 15 is 0 Å². The Morgan fingerprint density at radius 1 is 1.07 bits per heavy atom. The largest absolute Gasteiger partial charge is 0.451 e. The summed E-state index contributed by atoms with van der Waals surface area (Å²) in [7, 11) is 0. The number of amides is 1. The van der Waals surface area contributed by atoms with Crippen LogP contribution < -0.4 is 10.7 Å². The molecule has 0 bridgehead atoms. The first-order valence-electron chi connectivity index (χ1n) is 9.61. The van der Waals surface area contributed by atoms with Gasteiger partial charge in [-0.2, -0.15) is 0 Å². The molecule has 1 N–H and O–H groups in total. The molecular weight excluding hydrogens is 382 g/mol. The molecule has 0 aliphatic heterocycles. The van der Waals surface area contributed by atoms with Crippen molar-refractivity contribution in [1.29, 1.82) is 0 Å². The normalized spacial score (nSPS) is 12.0. The standard InChI is InChI=1S/C24H21NO3S/c1-2-6-16-10-12-17(13-11-16)23(22-9-5-14-29-22)25-24(27)21-15-19(26)18-7-3-4-8-20(18)28-21/h3-5,7-15,23H,2,6H2,1H3,(H,25,27). The summed E-state index contributed by atoms with van der Waals surface area (Å²) in [6.45, 7) is 2.15. The minimum Gasteiger partial charge on any atom is -0.451 e. The van der Waals surface area contributed by atoms with Crippen molar-refractivity contribution in [3.63, 3.8) is 0 Å². The average Bonchev–Trinajstić information content (AvgIpc) is 3.27. The zero-order valence-corrected chi connectivity index (χ0v) is 16.9. The van der Waals surface area contributed by atoms with Gasteiger partial charge in [0, 0.05) is 10.9 Å². The smallest absolute Gasteiger partial charge is 0.287 e. The molecule has 0 aliphatic carbocycles. The Morgan fingerprint density at radius 3 is 2.59 bits per heavy atom. The number of fused-ring (bicyclic) bond motifs is 1. The maximum absolute atomic E-state index is 12.9. The summed E-state index contributed by atoms with van der Waals surface area (Å²) in [4.78, 5) is 26.3. The first-order valence-corrected chi connectivity index (χ1v) is 10.5. The highest BCUT2D eigenvalue weighted by Gasteiger charge is 2.21. The molecule has 4 nitrogen and oxygen atoms in total. The summed E-state index contributed by atoms with van der Waals surface area (Å²) in [5.74, 6) is -0.401. The van der Waals surface area contributed by atoms with Crippen molar-refractivity contribution in [2.24, 2.45) is 0 Å². The lowest BCUT2D eigenvalue weighted by atomic mass is 10.0. The van der Waals surface area contributed by atoms with Crippen molar-refractivity contribution < 1.29 is 9.21 Å². The van der Waals surface area contributed by atoms with Crippen LogP contribution in [0.15, 0.2) is 81.3 Å². The van der Waals surface area contributed by atoms with Crippen molar-refractivity contribution in [2.75, 3.05) is 0 Å². The van der Waals surface area contributed by atoms with Gasteiger partial charge in [0.15, 0.2) is 11.2 Å². The van der Waals surface area contributed by atoms with Crippen LogP contribution in [0.1, 0.15) is 45.9 Å². The molecule has 2 aromatic carbocycles. The molecule has 1 unspecified atom stereocenters. The summed E-state index contributed by atoms with van der Waals surface area (Å²) < 4.78 is 5.70. The highest BCUT2D eigenvalue weighted by atomic mass is 32.1. The molecule has 5 heteroatoms. The molecule has 146 valence electrons. The predicted molar refractivity (Wildman–Crippen MR) is 117 cm³/mol. The third-order valence-electron chi connectivity index (χ3n) is 4.81. The van der Waals surface area contributed by atoms with E-state index in [9.17, 15) is 9.59 Å². The third kappa shape index (κ3) is 4.15. The zero-order chi connectivity index (χ0) is 20.2. The Bertz CT molecular complexity index is 1180. The second kappa shape index (κ2) is 8.45. The van der Waals surface area contributed by atoms with Crippen molar-refractivity contribution in [3.8, 4) is 0 Å². The minimum absolute atomic E-state index is 0.0119. The number of carbonyl (C=O) groups excluding carboxylic acids is 1. The zero-order valence-electron chi connectivity index (χ0n) is 16.1. The highest BCUT2D eigenvalue weighted by Crippen LogP contribution is 2.27. The first-order chi connectivity index (χ1) is 14.2. The predicted octanol–water partition coefficient (Wildman–Crippen LogP) is 5.33. The summed E-state index contributed by atoms with van der Waals surface area (Å²) in [6, 6.07) is 20.1. The molecular formula is C24H21NO3S. The van der Waals surface area contributed by atoms with E-state index in [1.54, 1.807) is 35.6 Å². The second-order valence-corrected chi connectivity index (χ2v) is 7.86. The fraction of sp³-hybridized carbons (Fsp3) is 0.167. The molecule has 1 atom stereocenters. The van der Waals surface area contributed by atoms with E-state index in [1.165, 1.54) is 11.6 Å². The van der Waals surface area contributed by atoms with Crippen LogP contribution in [0, 0.1) is 0 Å². The summed E-state index contributed by atoms with van der Waals surface area (Å²) in [5, 5.41) is 5.48. The molecule has 0 aliphatic rings. The number of para-hydroxylation sites is 1. The Hall–Kier alpha value is -3.18. The minimum atomic E-state index is -0.413. The lowest BCUT2D eigenvalue weighted by molar-refractivity contribution is 0.0916. The fourth-order valence-electron chi connectivity index (χ4n) is 3.36. The van der Waals surface area contributed by atoms with Gasteiger partial charge in [0.05, 0.1) is 11.4 Å². The SMILES string of the molecule is CCCc1ccc(C(NC(=O)c2cc(=O)c3ccccc3o2)c2cccs2)cc1.